The number of hydrogen-bond donors (Lipinski definition) is 0. The highest BCUT2D eigenvalue weighted by Crippen LogP contribution is 2.43. The molecule has 0 aliphatic carbocycles. The summed E-state index contributed by atoms with van der Waals surface area (Å²) in [6.07, 6.45) is 1.26. The molecule has 1 heterocycles. The Morgan fingerprint density at radius 1 is 1.38 bits per heavy atom. The molecule has 1 unspecified atom stereocenters. The minimum absolute atomic E-state index is 0. The van der Waals surface area contributed by atoms with E-state index < -0.39 is 3.79 Å². The zero-order valence-electron chi connectivity index (χ0n) is 9.86. The fraction of sp³-hybridized carbons (Fsp3) is 0.900. The van der Waals surface area contributed by atoms with Crippen molar-refractivity contribution in [1.82, 2.24) is 0 Å². The van der Waals surface area contributed by atoms with Gasteiger partial charge in [0.05, 0.1) is 6.42 Å². The zero-order chi connectivity index (χ0) is 11.9. The van der Waals surface area contributed by atoms with Crippen LogP contribution in [-0.2, 0) is 4.74 Å². The van der Waals surface area contributed by atoms with E-state index in [1.807, 2.05) is 18.7 Å². The van der Waals surface area contributed by atoms with E-state index in [1.54, 1.807) is 0 Å². The van der Waals surface area contributed by atoms with Gasteiger partial charge in [0.2, 0.25) is 0 Å². The van der Waals surface area contributed by atoms with Gasteiger partial charge in [0.25, 0.3) is 0 Å². The third kappa shape index (κ3) is 4.59. The van der Waals surface area contributed by atoms with Crippen LogP contribution in [0.3, 0.4) is 0 Å². The van der Waals surface area contributed by atoms with Crippen LogP contribution in [0.5, 0.6) is 0 Å². The molecule has 1 saturated heterocycles. The first-order valence-electron chi connectivity index (χ1n) is 4.88. The lowest BCUT2D eigenvalue weighted by Crippen LogP contribution is -3.00. The molecule has 6 heteroatoms. The van der Waals surface area contributed by atoms with Gasteiger partial charge in [-0.15, -0.1) is 0 Å². The molecule has 0 amide bonds. The molecule has 0 aromatic heterocycles. The lowest BCUT2D eigenvalue weighted by molar-refractivity contribution is -0.475. The van der Waals surface area contributed by atoms with Crippen molar-refractivity contribution < 1.29 is 26.3 Å². The van der Waals surface area contributed by atoms with Crippen LogP contribution in [0.4, 0.5) is 0 Å². The van der Waals surface area contributed by atoms with Crippen molar-refractivity contribution in [1.29, 1.82) is 0 Å². The van der Waals surface area contributed by atoms with Crippen LogP contribution < -0.4 is 17.0 Å². The molecule has 0 bridgehead atoms. The van der Waals surface area contributed by atoms with Crippen LogP contribution in [0.15, 0.2) is 0 Å². The fourth-order valence-corrected chi connectivity index (χ4v) is 2.08. The maximum absolute atomic E-state index is 5.80. The highest BCUT2D eigenvalue weighted by Gasteiger charge is 2.46. The maximum Gasteiger partial charge on any atom is 0.336 e. The van der Waals surface area contributed by atoms with Crippen LogP contribution in [0, 0.1) is 5.41 Å². The molecule has 1 aliphatic heterocycles. The second-order valence-corrected chi connectivity index (χ2v) is 7.40. The monoisotopic (exact) mass is 351 g/mol. The molecule has 0 N–H and O–H groups in total. The summed E-state index contributed by atoms with van der Waals surface area (Å²) in [5, 5.41) is 0. The smallest absolute Gasteiger partial charge is 0.336 e. The van der Waals surface area contributed by atoms with Crippen LogP contribution in [-0.4, -0.2) is 34.5 Å². The molecule has 16 heavy (non-hydrogen) atoms. The second-order valence-electron chi connectivity index (χ2n) is 4.88. The standard InChI is InChI=1S/C10H17Cl3NO.BrH/c1-9(2)6-8(14(3)4)15-7(9)5-10(11,12)13;/h7H,5-6H2,1-4H3;1H/q+1;/p-1. The van der Waals surface area contributed by atoms with Gasteiger partial charge in [-0.2, -0.15) is 0 Å². The van der Waals surface area contributed by atoms with Crippen LogP contribution in [0.25, 0.3) is 0 Å². The third-order valence-electron chi connectivity index (χ3n) is 2.67. The molecular formula is C10H17BrCl3NO. The molecule has 96 valence electrons. The minimum Gasteiger partial charge on any atom is -1.00 e. The van der Waals surface area contributed by atoms with Gasteiger partial charge in [-0.25, -0.2) is 4.58 Å². The Bertz CT molecular complexity index is 282. The predicted molar refractivity (Wildman–Crippen MR) is 65.3 cm³/mol. The summed E-state index contributed by atoms with van der Waals surface area (Å²) in [6, 6.07) is 0. The highest BCUT2D eigenvalue weighted by atomic mass is 79.9. The molecule has 0 saturated carbocycles. The Kier molecular flexibility index (Phi) is 5.93. The molecule has 1 aliphatic rings. The number of rotatable bonds is 1. The van der Waals surface area contributed by atoms with Gasteiger partial charge < -0.3 is 21.7 Å². The molecule has 1 atom stereocenters. The summed E-state index contributed by atoms with van der Waals surface area (Å²) in [5.74, 6) is 0.958. The Balaban J connectivity index is 0.00000225. The summed E-state index contributed by atoms with van der Waals surface area (Å²) in [6.45, 7) is 4.26. The fourth-order valence-electron chi connectivity index (χ4n) is 1.66. The molecular weight excluding hydrogens is 336 g/mol. The summed E-state index contributed by atoms with van der Waals surface area (Å²) in [5.41, 5.74) is 0.0174. The predicted octanol–water partition coefficient (Wildman–Crippen LogP) is 0.236. The van der Waals surface area contributed by atoms with Crippen molar-refractivity contribution in [2.45, 2.75) is 36.6 Å². The van der Waals surface area contributed by atoms with Crippen LogP contribution in [0.2, 0.25) is 0 Å². The Morgan fingerprint density at radius 3 is 2.19 bits per heavy atom. The number of hydrogen-bond acceptors (Lipinski definition) is 1. The Morgan fingerprint density at radius 2 is 1.88 bits per heavy atom. The minimum atomic E-state index is -1.25. The Hall–Kier alpha value is 0.820. The summed E-state index contributed by atoms with van der Waals surface area (Å²) < 4.78 is 6.53. The summed E-state index contributed by atoms with van der Waals surface area (Å²) >= 11 is 17.4. The van der Waals surface area contributed by atoms with E-state index in [0.29, 0.717) is 6.42 Å². The highest BCUT2D eigenvalue weighted by molar-refractivity contribution is 6.67. The van der Waals surface area contributed by atoms with Crippen molar-refractivity contribution >= 4 is 40.7 Å². The van der Waals surface area contributed by atoms with Gasteiger partial charge in [0, 0.05) is 11.8 Å². The van der Waals surface area contributed by atoms with Crippen LogP contribution in [0.1, 0.15) is 26.7 Å². The molecule has 0 spiro atoms. The number of nitrogens with zero attached hydrogens (tertiary/aromatic N) is 1. The van der Waals surface area contributed by atoms with E-state index in [9.17, 15) is 0 Å². The first-order valence-corrected chi connectivity index (χ1v) is 6.02. The molecule has 1 rings (SSSR count). The van der Waals surface area contributed by atoms with E-state index >= 15 is 0 Å². The number of ether oxygens (including phenoxy) is 1. The summed E-state index contributed by atoms with van der Waals surface area (Å²) in [4.78, 5) is 0. The number of alkyl halides is 3. The van der Waals surface area contributed by atoms with Crippen molar-refractivity contribution in [2.24, 2.45) is 5.41 Å². The van der Waals surface area contributed by atoms with Crippen LogP contribution >= 0.6 is 34.8 Å². The lowest BCUT2D eigenvalue weighted by Gasteiger charge is -2.25. The topological polar surface area (TPSA) is 12.2 Å². The molecule has 0 aromatic rings. The van der Waals surface area contributed by atoms with Gasteiger partial charge in [-0.1, -0.05) is 48.7 Å². The average molecular weight is 354 g/mol. The first-order chi connectivity index (χ1) is 6.62. The van der Waals surface area contributed by atoms with Gasteiger partial charge in [-0.05, 0) is 0 Å². The van der Waals surface area contributed by atoms with E-state index in [2.05, 4.69) is 13.8 Å². The van der Waals surface area contributed by atoms with E-state index in [1.165, 1.54) is 0 Å². The third-order valence-corrected chi connectivity index (χ3v) is 3.14. The molecule has 0 radical (unpaired) electrons. The maximum atomic E-state index is 5.80. The van der Waals surface area contributed by atoms with E-state index in [4.69, 9.17) is 39.5 Å². The Labute approximate surface area is 123 Å². The first kappa shape index (κ1) is 16.8. The van der Waals surface area contributed by atoms with E-state index in [-0.39, 0.29) is 28.5 Å². The largest absolute Gasteiger partial charge is 1.00 e. The van der Waals surface area contributed by atoms with Crippen molar-refractivity contribution in [3.05, 3.63) is 0 Å². The lowest BCUT2D eigenvalue weighted by atomic mass is 9.84. The normalized spacial score (nSPS) is 23.7. The molecule has 2 nitrogen and oxygen atoms in total. The van der Waals surface area contributed by atoms with Gasteiger partial charge in [-0.3, -0.25) is 0 Å². The SMILES string of the molecule is C[N+](C)=C1CC(C)(C)C(CC(Cl)(Cl)Cl)O1.[Br-]. The van der Waals surface area contributed by atoms with E-state index in [0.717, 1.165) is 12.3 Å². The van der Waals surface area contributed by atoms with Crippen molar-refractivity contribution in [3.63, 3.8) is 0 Å². The summed E-state index contributed by atoms with van der Waals surface area (Å²) in [7, 11) is 3.92. The molecule has 0 aromatic carbocycles. The number of halogens is 4. The molecule has 1 fully saturated rings. The zero-order valence-corrected chi connectivity index (χ0v) is 13.7. The van der Waals surface area contributed by atoms with Crippen molar-refractivity contribution in [2.75, 3.05) is 14.1 Å². The average Bonchev–Trinajstić information content (AvgIpc) is 2.24. The quantitative estimate of drug-likeness (QED) is 0.486. The van der Waals surface area contributed by atoms with Gasteiger partial charge in [0.15, 0.2) is 3.79 Å². The van der Waals surface area contributed by atoms with Crippen molar-refractivity contribution in [3.8, 4) is 0 Å². The second kappa shape index (κ2) is 5.64. The van der Waals surface area contributed by atoms with Gasteiger partial charge >= 0.3 is 5.90 Å². The van der Waals surface area contributed by atoms with Gasteiger partial charge in [0.1, 0.15) is 20.2 Å².